The topological polar surface area (TPSA) is 57.9 Å². The lowest BCUT2D eigenvalue weighted by atomic mass is 10.2. The molecule has 0 bridgehead atoms. The molecule has 0 atom stereocenters. The van der Waals surface area contributed by atoms with E-state index >= 15 is 0 Å². The van der Waals surface area contributed by atoms with E-state index in [0.717, 1.165) is 11.3 Å². The molecule has 2 aromatic rings. The zero-order valence-electron chi connectivity index (χ0n) is 10.1. The molecule has 96 valence electrons. The summed E-state index contributed by atoms with van der Waals surface area (Å²) in [6.07, 6.45) is 1.66. The number of hydrogen-bond donors (Lipinski definition) is 1. The molecule has 2 rings (SSSR count). The summed E-state index contributed by atoms with van der Waals surface area (Å²) < 4.78 is 5.18. The summed E-state index contributed by atoms with van der Waals surface area (Å²) in [5.41, 5.74) is 2.03. The SMILES string of the molecule is N#CCOc1ccc(CNc2ccnc(Cl)c2)cc1. The molecule has 0 saturated heterocycles. The standard InChI is InChI=1S/C14H12ClN3O/c15-14-9-12(5-7-17-14)18-10-11-1-3-13(4-2-11)19-8-6-16/h1-5,7,9H,8,10H2,(H,17,18). The van der Waals surface area contributed by atoms with Crippen LogP contribution in [0.2, 0.25) is 5.15 Å². The largest absolute Gasteiger partial charge is 0.479 e. The summed E-state index contributed by atoms with van der Waals surface area (Å²) in [6.45, 7) is 0.742. The fourth-order valence-corrected chi connectivity index (χ4v) is 1.71. The second-order valence-electron chi connectivity index (χ2n) is 3.81. The third kappa shape index (κ3) is 4.16. The van der Waals surface area contributed by atoms with Gasteiger partial charge in [0, 0.05) is 18.4 Å². The number of pyridine rings is 1. The van der Waals surface area contributed by atoms with Crippen LogP contribution in [0.1, 0.15) is 5.56 Å². The predicted molar refractivity (Wildman–Crippen MR) is 74.1 cm³/mol. The van der Waals surface area contributed by atoms with E-state index < -0.39 is 0 Å². The second kappa shape index (κ2) is 6.62. The Bertz CT molecular complexity index is 578. The van der Waals surface area contributed by atoms with Crippen molar-refractivity contribution in [1.29, 1.82) is 5.26 Å². The third-order valence-electron chi connectivity index (χ3n) is 2.45. The van der Waals surface area contributed by atoms with Crippen molar-refractivity contribution in [1.82, 2.24) is 4.98 Å². The molecule has 0 amide bonds. The Kier molecular flexibility index (Phi) is 4.60. The smallest absolute Gasteiger partial charge is 0.174 e. The van der Waals surface area contributed by atoms with Gasteiger partial charge < -0.3 is 10.1 Å². The highest BCUT2D eigenvalue weighted by molar-refractivity contribution is 6.29. The molecule has 0 aliphatic heterocycles. The molecule has 0 fully saturated rings. The van der Waals surface area contributed by atoms with Crippen LogP contribution in [0.25, 0.3) is 0 Å². The number of nitriles is 1. The zero-order chi connectivity index (χ0) is 13.5. The predicted octanol–water partition coefficient (Wildman–Crippen LogP) is 3.25. The third-order valence-corrected chi connectivity index (χ3v) is 2.66. The van der Waals surface area contributed by atoms with Crippen molar-refractivity contribution in [3.63, 3.8) is 0 Å². The Hall–Kier alpha value is -2.25. The molecule has 1 aromatic carbocycles. The number of nitrogens with one attached hydrogen (secondary N) is 1. The van der Waals surface area contributed by atoms with E-state index in [1.54, 1.807) is 12.3 Å². The minimum atomic E-state index is 0.0626. The van der Waals surface area contributed by atoms with E-state index in [9.17, 15) is 0 Å². The van der Waals surface area contributed by atoms with Crippen molar-refractivity contribution < 1.29 is 4.74 Å². The van der Waals surface area contributed by atoms with Gasteiger partial charge in [0.1, 0.15) is 17.0 Å². The van der Waals surface area contributed by atoms with Gasteiger partial charge in [0.15, 0.2) is 6.61 Å². The van der Waals surface area contributed by atoms with Crippen LogP contribution >= 0.6 is 11.6 Å². The van der Waals surface area contributed by atoms with Crippen LogP contribution in [-0.2, 0) is 6.54 Å². The molecule has 0 radical (unpaired) electrons. The second-order valence-corrected chi connectivity index (χ2v) is 4.20. The van der Waals surface area contributed by atoms with Crippen LogP contribution in [-0.4, -0.2) is 11.6 Å². The summed E-state index contributed by atoms with van der Waals surface area (Å²) in [4.78, 5) is 3.92. The Morgan fingerprint density at radius 3 is 2.74 bits per heavy atom. The maximum atomic E-state index is 8.41. The molecular weight excluding hydrogens is 262 g/mol. The molecule has 0 saturated carbocycles. The monoisotopic (exact) mass is 273 g/mol. The summed E-state index contributed by atoms with van der Waals surface area (Å²) in [5, 5.41) is 12.1. The number of nitrogens with zero attached hydrogens (tertiary/aromatic N) is 2. The van der Waals surface area contributed by atoms with E-state index in [-0.39, 0.29) is 6.61 Å². The van der Waals surface area contributed by atoms with Gasteiger partial charge in [-0.2, -0.15) is 5.26 Å². The minimum absolute atomic E-state index is 0.0626. The molecule has 0 spiro atoms. The first-order chi connectivity index (χ1) is 9.28. The molecular formula is C14H12ClN3O. The molecule has 1 N–H and O–H groups in total. The molecule has 5 heteroatoms. The van der Waals surface area contributed by atoms with Gasteiger partial charge in [-0.3, -0.25) is 0 Å². The van der Waals surface area contributed by atoms with Crippen LogP contribution in [0.15, 0.2) is 42.6 Å². The van der Waals surface area contributed by atoms with Gasteiger partial charge in [-0.15, -0.1) is 0 Å². The minimum Gasteiger partial charge on any atom is -0.479 e. The highest BCUT2D eigenvalue weighted by Crippen LogP contribution is 2.15. The molecule has 0 unspecified atom stereocenters. The van der Waals surface area contributed by atoms with Crippen molar-refractivity contribution in [3.05, 3.63) is 53.3 Å². The van der Waals surface area contributed by atoms with Gasteiger partial charge in [-0.05, 0) is 29.8 Å². The number of benzene rings is 1. The van der Waals surface area contributed by atoms with E-state index in [0.29, 0.717) is 17.4 Å². The van der Waals surface area contributed by atoms with Crippen molar-refractivity contribution in [2.45, 2.75) is 6.54 Å². The lowest BCUT2D eigenvalue weighted by Gasteiger charge is -2.07. The number of halogens is 1. The highest BCUT2D eigenvalue weighted by Gasteiger charge is 1.97. The molecule has 0 aliphatic carbocycles. The quantitative estimate of drug-likeness (QED) is 0.850. The number of hydrogen-bond acceptors (Lipinski definition) is 4. The number of rotatable bonds is 5. The normalized spacial score (nSPS) is 9.68. The lowest BCUT2D eigenvalue weighted by molar-refractivity contribution is 0.368. The van der Waals surface area contributed by atoms with Crippen molar-refractivity contribution in [3.8, 4) is 11.8 Å². The molecule has 4 nitrogen and oxygen atoms in total. The van der Waals surface area contributed by atoms with Gasteiger partial charge in [0.25, 0.3) is 0 Å². The van der Waals surface area contributed by atoms with Crippen LogP contribution < -0.4 is 10.1 Å². The van der Waals surface area contributed by atoms with E-state index in [1.165, 1.54) is 0 Å². The van der Waals surface area contributed by atoms with E-state index in [2.05, 4.69) is 10.3 Å². The van der Waals surface area contributed by atoms with Crippen molar-refractivity contribution in [2.24, 2.45) is 0 Å². The lowest BCUT2D eigenvalue weighted by Crippen LogP contribution is -2.00. The van der Waals surface area contributed by atoms with Gasteiger partial charge in [-0.1, -0.05) is 23.7 Å². The summed E-state index contributed by atoms with van der Waals surface area (Å²) >= 11 is 5.80. The average molecular weight is 274 g/mol. The molecule has 19 heavy (non-hydrogen) atoms. The van der Waals surface area contributed by atoms with Crippen LogP contribution in [0.3, 0.4) is 0 Å². The molecule has 0 aliphatic rings. The van der Waals surface area contributed by atoms with Crippen LogP contribution in [0.4, 0.5) is 5.69 Å². The Morgan fingerprint density at radius 2 is 2.05 bits per heavy atom. The van der Waals surface area contributed by atoms with E-state index in [1.807, 2.05) is 36.4 Å². The number of aromatic nitrogens is 1. The first-order valence-electron chi connectivity index (χ1n) is 5.72. The Balaban J connectivity index is 1.91. The van der Waals surface area contributed by atoms with Crippen LogP contribution in [0.5, 0.6) is 5.75 Å². The Morgan fingerprint density at radius 1 is 1.26 bits per heavy atom. The maximum Gasteiger partial charge on any atom is 0.174 e. The van der Waals surface area contributed by atoms with Gasteiger partial charge in [0.05, 0.1) is 0 Å². The van der Waals surface area contributed by atoms with Crippen LogP contribution in [0, 0.1) is 11.3 Å². The first-order valence-corrected chi connectivity index (χ1v) is 6.10. The number of anilines is 1. The summed E-state index contributed by atoms with van der Waals surface area (Å²) in [5.74, 6) is 0.692. The maximum absolute atomic E-state index is 8.41. The van der Waals surface area contributed by atoms with Gasteiger partial charge in [0.2, 0.25) is 0 Å². The summed E-state index contributed by atoms with van der Waals surface area (Å²) in [6, 6.07) is 13.1. The van der Waals surface area contributed by atoms with Crippen molar-refractivity contribution >= 4 is 17.3 Å². The van der Waals surface area contributed by atoms with E-state index in [4.69, 9.17) is 21.6 Å². The zero-order valence-corrected chi connectivity index (χ0v) is 10.9. The first kappa shape index (κ1) is 13.2. The Labute approximate surface area is 116 Å². The average Bonchev–Trinajstić information content (AvgIpc) is 2.44. The highest BCUT2D eigenvalue weighted by atomic mass is 35.5. The van der Waals surface area contributed by atoms with Gasteiger partial charge in [-0.25, -0.2) is 4.98 Å². The fraction of sp³-hybridized carbons (Fsp3) is 0.143. The molecule has 1 heterocycles. The van der Waals surface area contributed by atoms with Crippen molar-refractivity contribution in [2.75, 3.05) is 11.9 Å². The fourth-order valence-electron chi connectivity index (χ4n) is 1.54. The number of ether oxygens (including phenoxy) is 1. The van der Waals surface area contributed by atoms with Gasteiger partial charge >= 0.3 is 0 Å². The summed E-state index contributed by atoms with van der Waals surface area (Å²) in [7, 11) is 0. The molecule has 1 aromatic heterocycles.